The van der Waals surface area contributed by atoms with Crippen LogP contribution in [0.1, 0.15) is 27.5 Å². The highest BCUT2D eigenvalue weighted by Gasteiger charge is 2.39. The quantitative estimate of drug-likeness (QED) is 0.853. The van der Waals surface area contributed by atoms with Crippen LogP contribution in [-0.2, 0) is 11.3 Å². The molecular weight excluding hydrogens is 326 g/mol. The van der Waals surface area contributed by atoms with Crippen LogP contribution in [0.15, 0.2) is 54.6 Å². The van der Waals surface area contributed by atoms with E-state index >= 15 is 0 Å². The molecule has 1 atom stereocenters. The molecule has 2 aromatic rings. The molecule has 2 amide bonds. The van der Waals surface area contributed by atoms with E-state index in [9.17, 15) is 9.59 Å². The Kier molecular flexibility index (Phi) is 4.47. The number of rotatable bonds is 3. The summed E-state index contributed by atoms with van der Waals surface area (Å²) in [5.74, 6) is -0.0395. The number of amides is 2. The van der Waals surface area contributed by atoms with Gasteiger partial charge in [0.1, 0.15) is 6.04 Å². The van der Waals surface area contributed by atoms with E-state index in [4.69, 9.17) is 0 Å². The van der Waals surface area contributed by atoms with Gasteiger partial charge in [0.15, 0.2) is 0 Å². The third kappa shape index (κ3) is 2.99. The summed E-state index contributed by atoms with van der Waals surface area (Å²) in [6.07, 6.45) is 0. The Hall–Kier alpha value is -2.66. The normalized spacial score (nSPS) is 18.7. The van der Waals surface area contributed by atoms with Crippen LogP contribution in [0.4, 0.5) is 0 Å². The van der Waals surface area contributed by atoms with Crippen molar-refractivity contribution in [1.82, 2.24) is 14.7 Å². The van der Waals surface area contributed by atoms with Gasteiger partial charge in [0.05, 0.1) is 0 Å². The molecule has 134 valence electrons. The Bertz CT molecular complexity index is 813. The number of hydrogen-bond acceptors (Lipinski definition) is 3. The second-order valence-corrected chi connectivity index (χ2v) is 7.03. The lowest BCUT2D eigenvalue weighted by atomic mass is 10.0. The minimum atomic E-state index is -0.570. The summed E-state index contributed by atoms with van der Waals surface area (Å²) in [7, 11) is 2.07. The SMILES string of the molecule is CN1CCN(C(=O)C(c2ccccc2)N2Cc3ccccc3C2=O)CC1. The first-order chi connectivity index (χ1) is 12.6. The summed E-state index contributed by atoms with van der Waals surface area (Å²) in [6.45, 7) is 3.61. The van der Waals surface area contributed by atoms with E-state index in [0.29, 0.717) is 25.2 Å². The molecular formula is C21H23N3O2. The van der Waals surface area contributed by atoms with Crippen molar-refractivity contribution in [3.8, 4) is 0 Å². The lowest BCUT2D eigenvalue weighted by Crippen LogP contribution is -2.51. The average Bonchev–Trinajstić information content (AvgIpc) is 3.00. The molecule has 0 aliphatic carbocycles. The second-order valence-electron chi connectivity index (χ2n) is 7.03. The van der Waals surface area contributed by atoms with E-state index in [-0.39, 0.29) is 11.8 Å². The van der Waals surface area contributed by atoms with Crippen LogP contribution in [0.25, 0.3) is 0 Å². The molecule has 26 heavy (non-hydrogen) atoms. The van der Waals surface area contributed by atoms with Crippen LogP contribution >= 0.6 is 0 Å². The maximum Gasteiger partial charge on any atom is 0.255 e. The van der Waals surface area contributed by atoms with E-state index in [1.807, 2.05) is 59.5 Å². The Morgan fingerprint density at radius 1 is 0.923 bits per heavy atom. The summed E-state index contributed by atoms with van der Waals surface area (Å²) < 4.78 is 0. The molecule has 1 saturated heterocycles. The van der Waals surface area contributed by atoms with Crippen LogP contribution in [0.5, 0.6) is 0 Å². The largest absolute Gasteiger partial charge is 0.338 e. The fourth-order valence-electron chi connectivity index (χ4n) is 3.78. The molecule has 5 heteroatoms. The van der Waals surface area contributed by atoms with Gasteiger partial charge in [-0.3, -0.25) is 9.59 Å². The third-order valence-electron chi connectivity index (χ3n) is 5.33. The summed E-state index contributed by atoms with van der Waals surface area (Å²) >= 11 is 0. The first kappa shape index (κ1) is 16.8. The molecule has 0 spiro atoms. The molecule has 2 heterocycles. The first-order valence-electron chi connectivity index (χ1n) is 9.06. The minimum absolute atomic E-state index is 0.0189. The maximum absolute atomic E-state index is 13.4. The van der Waals surface area contributed by atoms with Crippen LogP contribution in [-0.4, -0.2) is 59.7 Å². The van der Waals surface area contributed by atoms with Gasteiger partial charge in [-0.25, -0.2) is 0 Å². The summed E-state index contributed by atoms with van der Waals surface area (Å²) in [5, 5.41) is 0. The van der Waals surface area contributed by atoms with Crippen molar-refractivity contribution < 1.29 is 9.59 Å². The molecule has 0 bridgehead atoms. The predicted octanol–water partition coefficient (Wildman–Crippen LogP) is 2.16. The number of likely N-dealkylation sites (N-methyl/N-ethyl adjacent to an activating group) is 1. The van der Waals surface area contributed by atoms with Gasteiger partial charge >= 0.3 is 0 Å². The van der Waals surface area contributed by atoms with Gasteiger partial charge in [0.25, 0.3) is 5.91 Å². The minimum Gasteiger partial charge on any atom is -0.338 e. The summed E-state index contributed by atoms with van der Waals surface area (Å²) in [6, 6.07) is 16.7. The van der Waals surface area contributed by atoms with E-state index < -0.39 is 6.04 Å². The molecule has 0 radical (unpaired) electrons. The van der Waals surface area contributed by atoms with Gasteiger partial charge in [0, 0.05) is 38.3 Å². The number of carbonyl (C=O) groups is 2. The number of benzene rings is 2. The van der Waals surface area contributed by atoms with Gasteiger partial charge < -0.3 is 14.7 Å². The fraction of sp³-hybridized carbons (Fsp3) is 0.333. The molecule has 0 aromatic heterocycles. The van der Waals surface area contributed by atoms with Gasteiger partial charge in [-0.2, -0.15) is 0 Å². The molecule has 1 fully saturated rings. The number of nitrogens with zero attached hydrogens (tertiary/aromatic N) is 3. The number of carbonyl (C=O) groups excluding carboxylic acids is 2. The highest BCUT2D eigenvalue weighted by atomic mass is 16.2. The van der Waals surface area contributed by atoms with Gasteiger partial charge in [0.2, 0.25) is 5.91 Å². The Morgan fingerprint density at radius 3 is 2.27 bits per heavy atom. The van der Waals surface area contributed by atoms with Crippen LogP contribution in [0, 0.1) is 0 Å². The molecule has 2 aromatic carbocycles. The van der Waals surface area contributed by atoms with Gasteiger partial charge in [-0.1, -0.05) is 48.5 Å². The van der Waals surface area contributed by atoms with Gasteiger partial charge in [-0.15, -0.1) is 0 Å². The van der Waals surface area contributed by atoms with Crippen molar-refractivity contribution in [2.75, 3.05) is 33.2 Å². The van der Waals surface area contributed by atoms with Gasteiger partial charge in [-0.05, 0) is 24.2 Å². The van der Waals surface area contributed by atoms with Crippen molar-refractivity contribution in [2.45, 2.75) is 12.6 Å². The van der Waals surface area contributed by atoms with E-state index in [0.717, 1.165) is 24.2 Å². The zero-order valence-corrected chi connectivity index (χ0v) is 15.0. The lowest BCUT2D eigenvalue weighted by molar-refractivity contribution is -0.138. The van der Waals surface area contributed by atoms with Crippen molar-refractivity contribution in [1.29, 1.82) is 0 Å². The topological polar surface area (TPSA) is 43.9 Å². The first-order valence-corrected chi connectivity index (χ1v) is 9.06. The van der Waals surface area contributed by atoms with Crippen LogP contribution in [0.2, 0.25) is 0 Å². The molecule has 5 nitrogen and oxygen atoms in total. The number of hydrogen-bond donors (Lipinski definition) is 0. The third-order valence-corrected chi connectivity index (χ3v) is 5.33. The molecule has 0 saturated carbocycles. The van der Waals surface area contributed by atoms with Crippen LogP contribution < -0.4 is 0 Å². The standard InChI is InChI=1S/C21H23N3O2/c1-22-11-13-23(14-12-22)21(26)19(16-7-3-2-4-8-16)24-15-17-9-5-6-10-18(17)20(24)25/h2-10,19H,11-15H2,1H3. The fourth-order valence-corrected chi connectivity index (χ4v) is 3.78. The highest BCUT2D eigenvalue weighted by molar-refractivity contribution is 6.01. The van der Waals surface area contributed by atoms with Crippen LogP contribution in [0.3, 0.4) is 0 Å². The van der Waals surface area contributed by atoms with Crippen molar-refractivity contribution in [2.24, 2.45) is 0 Å². The Labute approximate surface area is 153 Å². The van der Waals surface area contributed by atoms with E-state index in [1.54, 1.807) is 4.90 Å². The molecule has 2 aliphatic heterocycles. The average molecular weight is 349 g/mol. The maximum atomic E-state index is 13.4. The zero-order valence-electron chi connectivity index (χ0n) is 15.0. The number of piperazine rings is 1. The molecule has 2 aliphatic rings. The highest BCUT2D eigenvalue weighted by Crippen LogP contribution is 2.32. The zero-order chi connectivity index (χ0) is 18.1. The summed E-state index contributed by atoms with van der Waals surface area (Å²) in [5.41, 5.74) is 2.57. The molecule has 4 rings (SSSR count). The van der Waals surface area contributed by atoms with Crippen molar-refractivity contribution >= 4 is 11.8 Å². The Balaban J connectivity index is 1.67. The second kappa shape index (κ2) is 6.92. The van der Waals surface area contributed by atoms with E-state index in [2.05, 4.69) is 11.9 Å². The number of fused-ring (bicyclic) bond motifs is 1. The summed E-state index contributed by atoms with van der Waals surface area (Å²) in [4.78, 5) is 32.2. The monoisotopic (exact) mass is 349 g/mol. The lowest BCUT2D eigenvalue weighted by Gasteiger charge is -2.37. The Morgan fingerprint density at radius 2 is 1.58 bits per heavy atom. The van der Waals surface area contributed by atoms with Crippen molar-refractivity contribution in [3.63, 3.8) is 0 Å². The molecule has 0 N–H and O–H groups in total. The smallest absolute Gasteiger partial charge is 0.255 e. The van der Waals surface area contributed by atoms with E-state index in [1.165, 1.54) is 0 Å². The van der Waals surface area contributed by atoms with Crippen molar-refractivity contribution in [3.05, 3.63) is 71.3 Å². The predicted molar refractivity (Wildman–Crippen MR) is 99.6 cm³/mol. The molecule has 1 unspecified atom stereocenters.